The van der Waals surface area contributed by atoms with Crippen LogP contribution in [0.15, 0.2) is 0 Å². The molecule has 128 valence electrons. The van der Waals surface area contributed by atoms with Crippen LogP contribution in [-0.4, -0.2) is 56.2 Å². The van der Waals surface area contributed by atoms with E-state index < -0.39 is 0 Å². The first-order valence-electron chi connectivity index (χ1n) is 8.47. The van der Waals surface area contributed by atoms with Gasteiger partial charge < -0.3 is 14.8 Å². The highest BCUT2D eigenvalue weighted by Crippen LogP contribution is 2.36. The minimum atomic E-state index is -0.124. The zero-order valence-corrected chi connectivity index (χ0v) is 20.1. The molecule has 21 heavy (non-hydrogen) atoms. The highest BCUT2D eigenvalue weighted by molar-refractivity contribution is 6.19. The average molecular weight is 334 g/mol. The van der Waals surface area contributed by atoms with Gasteiger partial charge in [-0.1, -0.05) is 27.7 Å². The Morgan fingerprint density at radius 1 is 0.714 bits per heavy atom. The van der Waals surface area contributed by atoms with Crippen molar-refractivity contribution in [3.63, 3.8) is 0 Å². The van der Waals surface area contributed by atoms with Crippen molar-refractivity contribution in [2.24, 2.45) is 0 Å². The third kappa shape index (κ3) is 3.81. The van der Waals surface area contributed by atoms with Gasteiger partial charge >= 0.3 is 0 Å². The Bertz CT molecular complexity index is 289. The summed E-state index contributed by atoms with van der Waals surface area (Å²) in [6.07, 6.45) is 4.21. The molecule has 0 aliphatic carbocycles. The van der Waals surface area contributed by atoms with E-state index in [1.165, 1.54) is 0 Å². The molecule has 0 saturated carbocycles. The van der Waals surface area contributed by atoms with Crippen LogP contribution in [0.1, 0.15) is 67.2 Å². The molecule has 0 aromatic rings. The first-order valence-corrected chi connectivity index (χ1v) is 10.5. The van der Waals surface area contributed by atoms with Gasteiger partial charge in [0.25, 0.3) is 0 Å². The number of ether oxygens (including phenoxy) is 2. The van der Waals surface area contributed by atoms with Crippen molar-refractivity contribution in [2.45, 2.75) is 88.8 Å². The summed E-state index contributed by atoms with van der Waals surface area (Å²) >= 11 is 0. The molecule has 0 fully saturated rings. The maximum atomic E-state index is 5.96. The van der Waals surface area contributed by atoms with Crippen LogP contribution in [0, 0.1) is 0 Å². The minimum Gasteiger partial charge on any atom is -0.377 e. The number of hydrogen-bond donors (Lipinski definition) is 1. The molecule has 0 aromatic carbocycles. The van der Waals surface area contributed by atoms with Crippen LogP contribution >= 0.6 is 0 Å². The quantitative estimate of drug-likeness (QED) is 0.608. The lowest BCUT2D eigenvalue weighted by Gasteiger charge is -2.55. The normalized spacial score (nSPS) is 24.0. The summed E-state index contributed by atoms with van der Waals surface area (Å²) in [4.78, 5) is 0. The second-order valence-corrected chi connectivity index (χ2v) is 10.5. The Morgan fingerprint density at radius 2 is 1.00 bits per heavy atom. The van der Waals surface area contributed by atoms with Gasteiger partial charge in [-0.2, -0.15) is 0 Å². The maximum Gasteiger partial charge on any atom is 0.0791 e. The van der Waals surface area contributed by atoms with Crippen molar-refractivity contribution in [1.29, 1.82) is 0 Å². The van der Waals surface area contributed by atoms with Gasteiger partial charge in [0.1, 0.15) is 0 Å². The van der Waals surface area contributed by atoms with Gasteiger partial charge in [0, 0.05) is 45.0 Å². The van der Waals surface area contributed by atoms with Gasteiger partial charge in [0.15, 0.2) is 0 Å². The van der Waals surface area contributed by atoms with Gasteiger partial charge in [0.05, 0.1) is 11.2 Å². The third-order valence-electron chi connectivity index (χ3n) is 6.55. The molecule has 0 spiro atoms. The predicted octanol–water partition coefficient (Wildman–Crippen LogP) is 1.15. The van der Waals surface area contributed by atoms with Crippen molar-refractivity contribution in [3.05, 3.63) is 0 Å². The lowest BCUT2D eigenvalue weighted by Crippen LogP contribution is -2.74. The Hall–Kier alpha value is 0.314. The lowest BCUT2D eigenvalue weighted by atomic mass is 9.84. The average Bonchev–Trinajstić information content (AvgIpc) is 2.52. The summed E-state index contributed by atoms with van der Waals surface area (Å²) in [6, 6.07) is 0. The smallest absolute Gasteiger partial charge is 0.0791 e. The Balaban J connectivity index is 5.71. The molecule has 4 unspecified atom stereocenters. The zero-order valence-electron chi connectivity index (χ0n) is 16.1. The van der Waals surface area contributed by atoms with E-state index in [1.54, 1.807) is 0 Å². The van der Waals surface area contributed by atoms with Crippen molar-refractivity contribution >= 4 is 20.5 Å². The molecule has 0 aliphatic rings. The highest BCUT2D eigenvalue weighted by Gasteiger charge is 2.50. The van der Waals surface area contributed by atoms with Crippen molar-refractivity contribution in [1.82, 2.24) is 5.32 Å². The van der Waals surface area contributed by atoms with E-state index in [1.807, 2.05) is 14.2 Å². The maximum absolute atomic E-state index is 5.96. The molecule has 3 nitrogen and oxygen atoms in total. The fourth-order valence-corrected chi connectivity index (χ4v) is 6.04. The van der Waals surface area contributed by atoms with Gasteiger partial charge in [-0.25, -0.2) is 0 Å². The largest absolute Gasteiger partial charge is 0.377 e. The molecule has 0 aliphatic heterocycles. The fourth-order valence-electron chi connectivity index (χ4n) is 3.32. The Kier molecular flexibility index (Phi) is 7.84. The molecule has 0 radical (unpaired) electrons. The number of methoxy groups -OCH3 is 2. The van der Waals surface area contributed by atoms with Crippen molar-refractivity contribution < 1.29 is 9.47 Å². The molecular formula is C16H39NO2Si2. The van der Waals surface area contributed by atoms with E-state index in [2.05, 4.69) is 46.9 Å². The first-order chi connectivity index (χ1) is 9.57. The first kappa shape index (κ1) is 21.3. The molecule has 0 bridgehead atoms. The monoisotopic (exact) mass is 333 g/mol. The molecule has 4 atom stereocenters. The van der Waals surface area contributed by atoms with Crippen molar-refractivity contribution in [3.8, 4) is 0 Å². The van der Waals surface area contributed by atoms with Crippen LogP contribution in [0.25, 0.3) is 0 Å². The molecule has 0 rings (SSSR count). The second kappa shape index (κ2) is 7.73. The second-order valence-electron chi connectivity index (χ2n) is 7.07. The summed E-state index contributed by atoms with van der Waals surface area (Å²) in [7, 11) is 5.80. The molecule has 5 heteroatoms. The van der Waals surface area contributed by atoms with Crippen LogP contribution < -0.4 is 5.32 Å². The van der Waals surface area contributed by atoms with Crippen LogP contribution in [0.5, 0.6) is 0 Å². The number of hydrogen-bond acceptors (Lipinski definition) is 3. The summed E-state index contributed by atoms with van der Waals surface area (Å²) in [5, 5.41) is 4.18. The van der Waals surface area contributed by atoms with Crippen LogP contribution in [-0.2, 0) is 9.47 Å². The molecule has 0 aromatic heterocycles. The van der Waals surface area contributed by atoms with E-state index in [4.69, 9.17) is 9.47 Å². The van der Waals surface area contributed by atoms with E-state index >= 15 is 0 Å². The summed E-state index contributed by atoms with van der Waals surface area (Å²) in [6.45, 7) is 13.5. The number of rotatable bonds is 10. The molecule has 0 amide bonds. The highest BCUT2D eigenvalue weighted by atomic mass is 28.2. The molecule has 0 saturated heterocycles. The molecule has 0 heterocycles. The van der Waals surface area contributed by atoms with Crippen LogP contribution in [0.2, 0.25) is 0 Å². The van der Waals surface area contributed by atoms with E-state index in [0.717, 1.165) is 46.2 Å². The van der Waals surface area contributed by atoms with Crippen molar-refractivity contribution in [2.75, 3.05) is 14.2 Å². The van der Waals surface area contributed by atoms with Gasteiger partial charge in [-0.3, -0.25) is 0 Å². The van der Waals surface area contributed by atoms with Gasteiger partial charge in [-0.15, -0.1) is 0 Å². The van der Waals surface area contributed by atoms with Gasteiger partial charge in [0.2, 0.25) is 0 Å². The van der Waals surface area contributed by atoms with Crippen LogP contribution in [0.3, 0.4) is 0 Å². The summed E-state index contributed by atoms with van der Waals surface area (Å²) < 4.78 is 11.9. The predicted molar refractivity (Wildman–Crippen MR) is 100 cm³/mol. The minimum absolute atomic E-state index is 0.0587. The lowest BCUT2D eigenvalue weighted by molar-refractivity contribution is -0.0872. The summed E-state index contributed by atoms with van der Waals surface area (Å²) in [5.41, 5.74) is -0.248. The van der Waals surface area contributed by atoms with E-state index in [-0.39, 0.29) is 21.5 Å². The van der Waals surface area contributed by atoms with E-state index in [0.29, 0.717) is 0 Å². The summed E-state index contributed by atoms with van der Waals surface area (Å²) in [5.74, 6) is 0. The third-order valence-corrected chi connectivity index (χ3v) is 10.6. The van der Waals surface area contributed by atoms with E-state index in [9.17, 15) is 0 Å². The number of nitrogens with one attached hydrogen (secondary N) is 1. The van der Waals surface area contributed by atoms with Crippen LogP contribution in [0.4, 0.5) is 0 Å². The zero-order chi connectivity index (χ0) is 16.9. The standard InChI is InChI=1S/C16H39NO2Si2/c1-9-13(5,18-7)15(20,11-3)17-16(21,12-4)14(6,10-2)19-8/h17H,9-12H2,1-8,20-21H3. The fraction of sp³-hybridized carbons (Fsp3) is 1.00. The Labute approximate surface area is 138 Å². The molecular weight excluding hydrogens is 294 g/mol. The topological polar surface area (TPSA) is 30.5 Å². The Morgan fingerprint density at radius 3 is 1.14 bits per heavy atom. The van der Waals surface area contributed by atoms with Gasteiger partial charge in [-0.05, 0) is 39.5 Å². The molecule has 1 N–H and O–H groups in total. The SMILES string of the molecule is CCC([SiH3])(NC([SiH3])(CC)C(C)(CC)OC)C(C)(CC)OC.